The van der Waals surface area contributed by atoms with Crippen molar-refractivity contribution in [3.05, 3.63) is 34.7 Å². The van der Waals surface area contributed by atoms with Crippen molar-refractivity contribution in [2.45, 2.75) is 12.7 Å². The Bertz CT molecular complexity index is 600. The van der Waals surface area contributed by atoms with Gasteiger partial charge in [-0.3, -0.25) is 0 Å². The molecule has 2 aromatic rings. The average molecular weight is 307 g/mol. The topological polar surface area (TPSA) is 63.0 Å². The third kappa shape index (κ3) is 3.20. The quantitative estimate of drug-likeness (QED) is 0.908. The van der Waals surface area contributed by atoms with E-state index < -0.39 is 11.7 Å². The number of alkyl halides is 3. The van der Waals surface area contributed by atoms with Crippen LogP contribution in [-0.4, -0.2) is 17.2 Å². The fraction of sp³-hybridized carbons (Fsp3) is 0.273. The molecule has 0 amide bonds. The lowest BCUT2D eigenvalue weighted by Crippen LogP contribution is -2.09. The second-order valence-electron chi connectivity index (χ2n) is 3.82. The maximum atomic E-state index is 12.9. The molecule has 0 aliphatic rings. The molecule has 9 heteroatoms. The van der Waals surface area contributed by atoms with Gasteiger partial charge in [0.05, 0.1) is 22.8 Å². The highest BCUT2D eigenvalue weighted by Gasteiger charge is 2.34. The van der Waals surface area contributed by atoms with E-state index in [9.17, 15) is 13.2 Å². The summed E-state index contributed by atoms with van der Waals surface area (Å²) in [5, 5.41) is 12.4. The van der Waals surface area contributed by atoms with Crippen molar-refractivity contribution in [1.29, 1.82) is 0 Å². The molecular formula is C11H10ClF3N4O. The van der Waals surface area contributed by atoms with Crippen molar-refractivity contribution in [2.24, 2.45) is 0 Å². The van der Waals surface area contributed by atoms with Crippen molar-refractivity contribution >= 4 is 23.3 Å². The molecule has 1 aromatic heterocycles. The van der Waals surface area contributed by atoms with E-state index in [0.29, 0.717) is 6.54 Å². The van der Waals surface area contributed by atoms with Crippen molar-refractivity contribution in [1.82, 2.24) is 15.5 Å². The van der Waals surface area contributed by atoms with Gasteiger partial charge in [0.25, 0.3) is 0 Å². The Kier molecular flexibility index (Phi) is 4.15. The van der Waals surface area contributed by atoms with Crippen LogP contribution in [0, 0.1) is 0 Å². The summed E-state index contributed by atoms with van der Waals surface area (Å²) >= 11 is 5.79. The van der Waals surface area contributed by atoms with Gasteiger partial charge < -0.3 is 15.1 Å². The van der Waals surface area contributed by atoms with E-state index in [4.69, 9.17) is 16.0 Å². The Balaban J connectivity index is 2.32. The lowest BCUT2D eigenvalue weighted by Gasteiger charge is -2.13. The van der Waals surface area contributed by atoms with Gasteiger partial charge in [-0.1, -0.05) is 22.8 Å². The number of benzene rings is 1. The Morgan fingerprint density at radius 1 is 1.30 bits per heavy atom. The fourth-order valence-corrected chi connectivity index (χ4v) is 1.74. The third-order valence-electron chi connectivity index (χ3n) is 2.35. The van der Waals surface area contributed by atoms with Gasteiger partial charge in [0.15, 0.2) is 0 Å². The van der Waals surface area contributed by atoms with E-state index in [0.717, 1.165) is 6.07 Å². The monoisotopic (exact) mass is 306 g/mol. The lowest BCUT2D eigenvalue weighted by molar-refractivity contribution is -0.136. The number of rotatable bonds is 4. The van der Waals surface area contributed by atoms with E-state index in [1.54, 1.807) is 7.05 Å². The van der Waals surface area contributed by atoms with Crippen LogP contribution in [0.3, 0.4) is 0 Å². The highest BCUT2D eigenvalue weighted by molar-refractivity contribution is 6.33. The third-order valence-corrected chi connectivity index (χ3v) is 2.66. The maximum Gasteiger partial charge on any atom is 0.418 e. The van der Waals surface area contributed by atoms with Gasteiger partial charge in [-0.25, -0.2) is 0 Å². The van der Waals surface area contributed by atoms with Crippen LogP contribution in [0.5, 0.6) is 0 Å². The number of nitrogens with zero attached hydrogens (tertiary/aromatic N) is 2. The first kappa shape index (κ1) is 14.6. The standard InChI is InChI=1S/C11H10ClF3N4O/c1-16-5-8-18-19-10(20-8)17-9-6(11(13,14)15)3-2-4-7(9)12/h2-4,16H,5H2,1H3,(H,17,19). The molecule has 2 N–H and O–H groups in total. The van der Waals surface area contributed by atoms with E-state index >= 15 is 0 Å². The molecule has 5 nitrogen and oxygen atoms in total. The Labute approximate surface area is 117 Å². The summed E-state index contributed by atoms with van der Waals surface area (Å²) in [6, 6.07) is 3.31. The molecule has 108 valence electrons. The van der Waals surface area contributed by atoms with Crippen LogP contribution in [-0.2, 0) is 12.7 Å². The summed E-state index contributed by atoms with van der Waals surface area (Å²) in [5.41, 5.74) is -1.22. The molecule has 0 bridgehead atoms. The molecule has 0 radical (unpaired) electrons. The van der Waals surface area contributed by atoms with Crippen LogP contribution in [0.15, 0.2) is 22.6 Å². The lowest BCUT2D eigenvalue weighted by atomic mass is 10.1. The van der Waals surface area contributed by atoms with Gasteiger partial charge in [-0.15, -0.1) is 5.10 Å². The molecule has 0 unspecified atom stereocenters. The molecule has 1 heterocycles. The number of nitrogens with one attached hydrogen (secondary N) is 2. The molecule has 0 saturated heterocycles. The van der Waals surface area contributed by atoms with Gasteiger partial charge in [0, 0.05) is 0 Å². The van der Waals surface area contributed by atoms with Crippen molar-refractivity contribution < 1.29 is 17.6 Å². The summed E-state index contributed by atoms with van der Waals surface area (Å²) in [4.78, 5) is 0. The van der Waals surface area contributed by atoms with Crippen LogP contribution in [0.4, 0.5) is 24.9 Å². The summed E-state index contributed by atoms with van der Waals surface area (Å²) in [6.45, 7) is 0.309. The molecule has 0 aliphatic heterocycles. The minimum Gasteiger partial charge on any atom is -0.406 e. The number of halogens is 4. The number of para-hydroxylation sites is 1. The summed E-state index contributed by atoms with van der Waals surface area (Å²) in [5.74, 6) is 0.246. The fourth-order valence-electron chi connectivity index (χ4n) is 1.52. The maximum absolute atomic E-state index is 12.9. The SMILES string of the molecule is CNCc1nnc(Nc2c(Cl)cccc2C(F)(F)F)o1. The molecule has 20 heavy (non-hydrogen) atoms. The first-order valence-electron chi connectivity index (χ1n) is 5.51. The Morgan fingerprint density at radius 2 is 2.05 bits per heavy atom. The number of hydrogen-bond acceptors (Lipinski definition) is 5. The predicted octanol–water partition coefficient (Wildman–Crippen LogP) is 3.20. The molecule has 0 fully saturated rings. The highest BCUT2D eigenvalue weighted by atomic mass is 35.5. The van der Waals surface area contributed by atoms with Crippen LogP contribution in [0.25, 0.3) is 0 Å². The van der Waals surface area contributed by atoms with Gasteiger partial charge in [0.1, 0.15) is 0 Å². The zero-order chi connectivity index (χ0) is 14.8. The molecular weight excluding hydrogens is 297 g/mol. The highest BCUT2D eigenvalue weighted by Crippen LogP contribution is 2.39. The van der Waals surface area contributed by atoms with E-state index in [-0.39, 0.29) is 22.6 Å². The van der Waals surface area contributed by atoms with E-state index in [1.807, 2.05) is 0 Å². The largest absolute Gasteiger partial charge is 0.418 e. The van der Waals surface area contributed by atoms with Crippen molar-refractivity contribution in [3.8, 4) is 0 Å². The molecule has 2 rings (SSSR count). The molecule has 0 aliphatic carbocycles. The summed E-state index contributed by atoms with van der Waals surface area (Å²) in [7, 11) is 1.67. The van der Waals surface area contributed by atoms with Crippen molar-refractivity contribution in [3.63, 3.8) is 0 Å². The number of hydrogen-bond donors (Lipinski definition) is 2. The number of anilines is 2. The van der Waals surface area contributed by atoms with E-state index in [1.165, 1.54) is 12.1 Å². The first-order chi connectivity index (χ1) is 9.41. The predicted molar refractivity (Wildman–Crippen MR) is 66.8 cm³/mol. The minimum atomic E-state index is -4.54. The minimum absolute atomic E-state index is 0.0896. The summed E-state index contributed by atoms with van der Waals surface area (Å²) < 4.78 is 43.8. The first-order valence-corrected chi connectivity index (χ1v) is 5.89. The molecule has 1 aromatic carbocycles. The summed E-state index contributed by atoms with van der Waals surface area (Å²) in [6.07, 6.45) is -4.54. The van der Waals surface area contributed by atoms with Crippen LogP contribution in [0.2, 0.25) is 5.02 Å². The van der Waals surface area contributed by atoms with Gasteiger partial charge in [-0.05, 0) is 19.2 Å². The molecule has 0 atom stereocenters. The second kappa shape index (κ2) is 5.68. The smallest absolute Gasteiger partial charge is 0.406 e. The second-order valence-corrected chi connectivity index (χ2v) is 4.22. The zero-order valence-electron chi connectivity index (χ0n) is 10.3. The van der Waals surface area contributed by atoms with Crippen LogP contribution >= 0.6 is 11.6 Å². The molecule has 0 saturated carbocycles. The molecule has 0 spiro atoms. The van der Waals surface area contributed by atoms with Gasteiger partial charge in [-0.2, -0.15) is 13.2 Å². The normalized spacial score (nSPS) is 11.7. The van der Waals surface area contributed by atoms with Crippen molar-refractivity contribution in [2.75, 3.05) is 12.4 Å². The van der Waals surface area contributed by atoms with Crippen LogP contribution < -0.4 is 10.6 Å². The van der Waals surface area contributed by atoms with E-state index in [2.05, 4.69) is 20.8 Å². The van der Waals surface area contributed by atoms with Gasteiger partial charge >= 0.3 is 12.2 Å². The average Bonchev–Trinajstić information content (AvgIpc) is 2.78. The Morgan fingerprint density at radius 3 is 2.70 bits per heavy atom. The van der Waals surface area contributed by atoms with Crippen LogP contribution in [0.1, 0.15) is 11.5 Å². The zero-order valence-corrected chi connectivity index (χ0v) is 11.0. The Hall–Kier alpha value is -1.80. The number of aromatic nitrogens is 2. The van der Waals surface area contributed by atoms with Gasteiger partial charge in [0.2, 0.25) is 5.89 Å².